The fourth-order valence-corrected chi connectivity index (χ4v) is 3.09. The number of benzene rings is 4. The summed E-state index contributed by atoms with van der Waals surface area (Å²) in [5.74, 6) is 1.58. The monoisotopic (exact) mass is 410 g/mol. The summed E-state index contributed by atoms with van der Waals surface area (Å²) in [5.41, 5.74) is 2.32. The number of rotatable bonds is 8. The van der Waals surface area contributed by atoms with Gasteiger partial charge < -0.3 is 14.2 Å². The summed E-state index contributed by atoms with van der Waals surface area (Å²) < 4.78 is 17.0. The number of carbonyl (C=O) groups excluding carboxylic acids is 1. The summed E-state index contributed by atoms with van der Waals surface area (Å²) in [6, 6.07) is 33.8. The molecule has 0 N–H and O–H groups in total. The number of para-hydroxylation sites is 2. The molecule has 0 saturated carbocycles. The minimum Gasteiger partial charge on any atom is -0.490 e. The van der Waals surface area contributed by atoms with E-state index in [4.69, 9.17) is 14.2 Å². The lowest BCUT2D eigenvalue weighted by Crippen LogP contribution is -2.10. The van der Waals surface area contributed by atoms with E-state index >= 15 is 0 Å². The average Bonchev–Trinajstić information content (AvgIpc) is 2.84. The SMILES string of the molecule is O=C(Oc1ccccc1-c1ccccc1)c1ccc(OCCOc2ccccc2)cc1. The van der Waals surface area contributed by atoms with E-state index < -0.39 is 5.97 Å². The first kappa shape index (κ1) is 20.2. The first-order chi connectivity index (χ1) is 15.3. The maximum absolute atomic E-state index is 12.6. The van der Waals surface area contributed by atoms with Crippen LogP contribution < -0.4 is 14.2 Å². The van der Waals surface area contributed by atoms with Crippen molar-refractivity contribution in [2.75, 3.05) is 13.2 Å². The van der Waals surface area contributed by atoms with E-state index in [0.29, 0.717) is 30.3 Å². The molecule has 154 valence electrons. The molecule has 0 aliphatic heterocycles. The van der Waals surface area contributed by atoms with Crippen LogP contribution in [0.4, 0.5) is 0 Å². The molecule has 0 amide bonds. The maximum atomic E-state index is 12.6. The smallest absolute Gasteiger partial charge is 0.343 e. The van der Waals surface area contributed by atoms with Crippen LogP contribution in [-0.4, -0.2) is 19.2 Å². The zero-order valence-electron chi connectivity index (χ0n) is 16.9. The van der Waals surface area contributed by atoms with E-state index in [-0.39, 0.29) is 0 Å². The third-order valence-electron chi connectivity index (χ3n) is 4.63. The van der Waals surface area contributed by atoms with Gasteiger partial charge in [0.15, 0.2) is 0 Å². The lowest BCUT2D eigenvalue weighted by atomic mass is 10.0. The Labute approximate surface area is 181 Å². The Bertz CT molecular complexity index is 1110. The highest BCUT2D eigenvalue weighted by Crippen LogP contribution is 2.30. The topological polar surface area (TPSA) is 44.8 Å². The molecular weight excluding hydrogens is 388 g/mol. The van der Waals surface area contributed by atoms with Gasteiger partial charge in [-0.1, -0.05) is 66.7 Å². The summed E-state index contributed by atoms with van der Waals surface area (Å²) in [7, 11) is 0. The minimum atomic E-state index is -0.414. The van der Waals surface area contributed by atoms with Gasteiger partial charge in [0, 0.05) is 5.56 Å². The van der Waals surface area contributed by atoms with Gasteiger partial charge in [0.1, 0.15) is 30.5 Å². The van der Waals surface area contributed by atoms with Crippen LogP contribution in [0.5, 0.6) is 17.2 Å². The van der Waals surface area contributed by atoms with Crippen molar-refractivity contribution >= 4 is 5.97 Å². The number of hydrogen-bond donors (Lipinski definition) is 0. The zero-order valence-corrected chi connectivity index (χ0v) is 16.9. The van der Waals surface area contributed by atoms with Crippen molar-refractivity contribution in [3.63, 3.8) is 0 Å². The third-order valence-corrected chi connectivity index (χ3v) is 4.63. The molecule has 4 aromatic rings. The molecule has 4 rings (SSSR count). The lowest BCUT2D eigenvalue weighted by molar-refractivity contribution is 0.0735. The van der Waals surface area contributed by atoms with Gasteiger partial charge in [-0.2, -0.15) is 0 Å². The van der Waals surface area contributed by atoms with Crippen LogP contribution in [0.25, 0.3) is 11.1 Å². The molecule has 0 aliphatic rings. The van der Waals surface area contributed by atoms with Crippen molar-refractivity contribution in [3.05, 3.63) is 115 Å². The highest BCUT2D eigenvalue weighted by Gasteiger charge is 2.12. The maximum Gasteiger partial charge on any atom is 0.343 e. The van der Waals surface area contributed by atoms with Crippen LogP contribution in [-0.2, 0) is 0 Å². The van der Waals surface area contributed by atoms with E-state index in [1.807, 2.05) is 78.9 Å². The molecule has 0 bridgehead atoms. The van der Waals surface area contributed by atoms with Crippen molar-refractivity contribution < 1.29 is 19.0 Å². The molecule has 0 heterocycles. The van der Waals surface area contributed by atoms with Crippen LogP contribution in [0.15, 0.2) is 109 Å². The van der Waals surface area contributed by atoms with Gasteiger partial charge >= 0.3 is 5.97 Å². The number of carbonyl (C=O) groups is 1. The first-order valence-electron chi connectivity index (χ1n) is 10.1. The summed E-state index contributed by atoms with van der Waals surface area (Å²) in [6.07, 6.45) is 0. The van der Waals surface area contributed by atoms with E-state index in [2.05, 4.69) is 0 Å². The van der Waals surface area contributed by atoms with Crippen molar-refractivity contribution in [3.8, 4) is 28.4 Å². The van der Waals surface area contributed by atoms with Crippen LogP contribution in [0.2, 0.25) is 0 Å². The van der Waals surface area contributed by atoms with Crippen LogP contribution in [0, 0.1) is 0 Å². The molecule has 0 aromatic heterocycles. The molecule has 0 saturated heterocycles. The normalized spacial score (nSPS) is 10.3. The van der Waals surface area contributed by atoms with Gasteiger partial charge in [-0.15, -0.1) is 0 Å². The van der Waals surface area contributed by atoms with Crippen LogP contribution in [0.3, 0.4) is 0 Å². The van der Waals surface area contributed by atoms with Gasteiger partial charge in [0.05, 0.1) is 5.56 Å². The van der Waals surface area contributed by atoms with Crippen molar-refractivity contribution in [1.29, 1.82) is 0 Å². The van der Waals surface area contributed by atoms with Gasteiger partial charge in [-0.05, 0) is 48.0 Å². The molecule has 4 heteroatoms. The Balaban J connectivity index is 1.34. The number of ether oxygens (including phenoxy) is 3. The molecule has 0 spiro atoms. The van der Waals surface area contributed by atoms with E-state index in [9.17, 15) is 4.79 Å². The second-order valence-electron chi connectivity index (χ2n) is 6.79. The predicted octanol–water partition coefficient (Wildman–Crippen LogP) is 6.03. The van der Waals surface area contributed by atoms with Gasteiger partial charge in [-0.3, -0.25) is 0 Å². The van der Waals surface area contributed by atoms with E-state index in [0.717, 1.165) is 16.9 Å². The highest BCUT2D eigenvalue weighted by atomic mass is 16.5. The molecule has 4 nitrogen and oxygen atoms in total. The number of hydrogen-bond acceptors (Lipinski definition) is 4. The molecule has 0 radical (unpaired) electrons. The van der Waals surface area contributed by atoms with Crippen molar-refractivity contribution in [2.45, 2.75) is 0 Å². The molecule has 0 aliphatic carbocycles. The largest absolute Gasteiger partial charge is 0.490 e. The highest BCUT2D eigenvalue weighted by molar-refractivity contribution is 5.92. The Morgan fingerprint density at radius 3 is 1.81 bits per heavy atom. The molecule has 0 fully saturated rings. The fraction of sp³-hybridized carbons (Fsp3) is 0.0741. The molecule has 31 heavy (non-hydrogen) atoms. The lowest BCUT2D eigenvalue weighted by Gasteiger charge is -2.11. The molecular formula is C27H22O4. The first-order valence-corrected chi connectivity index (χ1v) is 10.1. The molecule has 0 atom stereocenters. The summed E-state index contributed by atoms with van der Waals surface area (Å²) in [4.78, 5) is 12.6. The van der Waals surface area contributed by atoms with Gasteiger partial charge in [0.25, 0.3) is 0 Å². The second-order valence-corrected chi connectivity index (χ2v) is 6.79. The van der Waals surface area contributed by atoms with Crippen molar-refractivity contribution in [2.24, 2.45) is 0 Å². The predicted molar refractivity (Wildman–Crippen MR) is 121 cm³/mol. The second kappa shape index (κ2) is 10.1. The quantitative estimate of drug-likeness (QED) is 0.202. The van der Waals surface area contributed by atoms with Crippen LogP contribution in [0.1, 0.15) is 10.4 Å². The third kappa shape index (κ3) is 5.52. The van der Waals surface area contributed by atoms with Crippen molar-refractivity contribution in [1.82, 2.24) is 0 Å². The molecule has 4 aromatic carbocycles. The summed E-state index contributed by atoms with van der Waals surface area (Å²) >= 11 is 0. The van der Waals surface area contributed by atoms with Crippen LogP contribution >= 0.6 is 0 Å². The number of esters is 1. The Hall–Kier alpha value is -4.05. The Morgan fingerprint density at radius 1 is 0.581 bits per heavy atom. The Morgan fingerprint density at radius 2 is 1.13 bits per heavy atom. The molecule has 0 unspecified atom stereocenters. The zero-order chi connectivity index (χ0) is 21.3. The standard InChI is InChI=1S/C27H22O4/c28-27(31-26-14-8-7-13-25(26)21-9-3-1-4-10-21)22-15-17-24(18-16-22)30-20-19-29-23-11-5-2-6-12-23/h1-18H,19-20H2. The average molecular weight is 410 g/mol. The van der Waals surface area contributed by atoms with Gasteiger partial charge in [-0.25, -0.2) is 4.79 Å². The van der Waals surface area contributed by atoms with Gasteiger partial charge in [0.2, 0.25) is 0 Å². The summed E-state index contributed by atoms with van der Waals surface area (Å²) in [6.45, 7) is 0.840. The minimum absolute atomic E-state index is 0.406. The summed E-state index contributed by atoms with van der Waals surface area (Å²) in [5, 5.41) is 0. The fourth-order valence-electron chi connectivity index (χ4n) is 3.09. The van der Waals surface area contributed by atoms with E-state index in [1.165, 1.54) is 0 Å². The Kier molecular flexibility index (Phi) is 6.61. The van der Waals surface area contributed by atoms with E-state index in [1.54, 1.807) is 30.3 Å².